The summed E-state index contributed by atoms with van der Waals surface area (Å²) in [5, 5.41) is 7.15. The summed E-state index contributed by atoms with van der Waals surface area (Å²) < 4.78 is 5.22. The van der Waals surface area contributed by atoms with E-state index in [1.54, 1.807) is 7.11 Å². The number of hydrogen-bond donors (Lipinski definition) is 2. The molecule has 94 valence electrons. The van der Waals surface area contributed by atoms with Crippen LogP contribution in [0.15, 0.2) is 0 Å². The van der Waals surface area contributed by atoms with Gasteiger partial charge in [-0.3, -0.25) is 5.41 Å². The number of likely N-dealkylation sites (tertiary alicyclic amines) is 1. The molecule has 0 spiro atoms. The summed E-state index contributed by atoms with van der Waals surface area (Å²) in [4.78, 5) is 2.52. The van der Waals surface area contributed by atoms with Gasteiger partial charge < -0.3 is 15.4 Å². The lowest BCUT2D eigenvalue weighted by Gasteiger charge is -2.32. The van der Waals surface area contributed by atoms with E-state index in [9.17, 15) is 0 Å². The monoisotopic (exact) mass is 227 g/mol. The number of unbranched alkanes of at least 4 members (excludes halogenated alkanes) is 1. The van der Waals surface area contributed by atoms with Crippen molar-refractivity contribution in [2.24, 2.45) is 11.7 Å². The molecule has 1 unspecified atom stereocenters. The van der Waals surface area contributed by atoms with Gasteiger partial charge in [0.15, 0.2) is 0 Å². The van der Waals surface area contributed by atoms with E-state index in [0.717, 1.165) is 32.4 Å². The molecule has 0 aliphatic carbocycles. The number of piperidine rings is 1. The molecule has 1 aliphatic heterocycles. The molecule has 0 aromatic carbocycles. The van der Waals surface area contributed by atoms with E-state index in [1.165, 1.54) is 25.9 Å². The van der Waals surface area contributed by atoms with Crippen molar-refractivity contribution in [1.82, 2.24) is 4.90 Å². The van der Waals surface area contributed by atoms with Crippen molar-refractivity contribution in [3.63, 3.8) is 0 Å². The molecule has 0 amide bonds. The van der Waals surface area contributed by atoms with E-state index in [4.69, 9.17) is 15.9 Å². The van der Waals surface area contributed by atoms with Crippen molar-refractivity contribution in [3.8, 4) is 0 Å². The van der Waals surface area contributed by atoms with Crippen LogP contribution in [-0.2, 0) is 4.74 Å². The maximum atomic E-state index is 7.15. The smallest absolute Gasteiger partial charge is 0.0905 e. The average Bonchev–Trinajstić information content (AvgIpc) is 2.25. The lowest BCUT2D eigenvalue weighted by atomic mass is 9.99. The summed E-state index contributed by atoms with van der Waals surface area (Å²) in [6.07, 6.45) is 5.54. The SMILES string of the molecule is COCC1CCCN(CCCCC(=N)N)C1. The van der Waals surface area contributed by atoms with E-state index >= 15 is 0 Å². The largest absolute Gasteiger partial charge is 0.388 e. The molecule has 0 saturated carbocycles. The van der Waals surface area contributed by atoms with Gasteiger partial charge in [-0.2, -0.15) is 0 Å². The first-order valence-corrected chi connectivity index (χ1v) is 6.26. The molecule has 0 radical (unpaired) electrons. The zero-order chi connectivity index (χ0) is 11.8. The zero-order valence-corrected chi connectivity index (χ0v) is 10.4. The van der Waals surface area contributed by atoms with Crippen LogP contribution < -0.4 is 5.73 Å². The normalized spacial score (nSPS) is 22.2. The van der Waals surface area contributed by atoms with Crippen LogP contribution in [0.3, 0.4) is 0 Å². The summed E-state index contributed by atoms with van der Waals surface area (Å²) in [5.41, 5.74) is 5.33. The van der Waals surface area contributed by atoms with Crippen LogP contribution in [0.4, 0.5) is 0 Å². The number of ether oxygens (including phenoxy) is 1. The van der Waals surface area contributed by atoms with Crippen LogP contribution in [0.2, 0.25) is 0 Å². The Morgan fingerprint density at radius 2 is 2.31 bits per heavy atom. The maximum absolute atomic E-state index is 7.15. The molecular weight excluding hydrogens is 202 g/mol. The van der Waals surface area contributed by atoms with Crippen molar-refractivity contribution in [3.05, 3.63) is 0 Å². The molecule has 0 bridgehead atoms. The molecule has 16 heavy (non-hydrogen) atoms. The van der Waals surface area contributed by atoms with Gasteiger partial charge in [0.25, 0.3) is 0 Å². The van der Waals surface area contributed by atoms with E-state index in [-0.39, 0.29) is 0 Å². The minimum absolute atomic E-state index is 0.316. The highest BCUT2D eigenvalue weighted by Crippen LogP contribution is 2.17. The topological polar surface area (TPSA) is 62.3 Å². The second-order valence-corrected chi connectivity index (χ2v) is 4.75. The minimum atomic E-state index is 0.316. The lowest BCUT2D eigenvalue weighted by Crippen LogP contribution is -2.37. The Bertz CT molecular complexity index is 206. The van der Waals surface area contributed by atoms with E-state index in [2.05, 4.69) is 4.90 Å². The molecule has 1 saturated heterocycles. The van der Waals surface area contributed by atoms with Crippen LogP contribution in [0.25, 0.3) is 0 Å². The first-order valence-electron chi connectivity index (χ1n) is 6.26. The van der Waals surface area contributed by atoms with E-state index in [0.29, 0.717) is 11.8 Å². The molecule has 0 aromatic rings. The van der Waals surface area contributed by atoms with Crippen LogP contribution in [0, 0.1) is 11.3 Å². The van der Waals surface area contributed by atoms with Crippen molar-refractivity contribution in [2.75, 3.05) is 33.4 Å². The Morgan fingerprint density at radius 3 is 3.00 bits per heavy atom. The fraction of sp³-hybridized carbons (Fsp3) is 0.917. The molecule has 4 heteroatoms. The second-order valence-electron chi connectivity index (χ2n) is 4.75. The van der Waals surface area contributed by atoms with Gasteiger partial charge in [-0.15, -0.1) is 0 Å². The van der Waals surface area contributed by atoms with E-state index in [1.807, 2.05) is 0 Å². The van der Waals surface area contributed by atoms with Crippen LogP contribution in [0.5, 0.6) is 0 Å². The van der Waals surface area contributed by atoms with E-state index < -0.39 is 0 Å². The Balaban J connectivity index is 2.09. The molecule has 1 atom stereocenters. The number of amidine groups is 1. The first-order chi connectivity index (χ1) is 7.72. The molecule has 0 aromatic heterocycles. The third-order valence-corrected chi connectivity index (χ3v) is 3.18. The number of hydrogen-bond acceptors (Lipinski definition) is 3. The Kier molecular flexibility index (Phi) is 6.42. The number of nitrogens with one attached hydrogen (secondary N) is 1. The highest BCUT2D eigenvalue weighted by atomic mass is 16.5. The quantitative estimate of drug-likeness (QED) is 0.393. The van der Waals surface area contributed by atoms with Crippen molar-refractivity contribution in [2.45, 2.75) is 32.1 Å². The first kappa shape index (κ1) is 13.5. The number of rotatable bonds is 7. The van der Waals surface area contributed by atoms with Gasteiger partial charge in [0.2, 0.25) is 0 Å². The molecule has 1 fully saturated rings. The summed E-state index contributed by atoms with van der Waals surface area (Å²) in [6, 6.07) is 0. The van der Waals surface area contributed by atoms with Gasteiger partial charge in [0.1, 0.15) is 0 Å². The van der Waals surface area contributed by atoms with Gasteiger partial charge in [0, 0.05) is 20.1 Å². The molecule has 3 N–H and O–H groups in total. The number of nitrogens with zero attached hydrogens (tertiary/aromatic N) is 1. The molecular formula is C12H25N3O. The van der Waals surface area contributed by atoms with Gasteiger partial charge in [-0.25, -0.2) is 0 Å². The number of nitrogens with two attached hydrogens (primary N) is 1. The van der Waals surface area contributed by atoms with Crippen LogP contribution in [-0.4, -0.2) is 44.1 Å². The third-order valence-electron chi connectivity index (χ3n) is 3.18. The molecule has 4 nitrogen and oxygen atoms in total. The molecule has 1 aliphatic rings. The predicted molar refractivity (Wildman–Crippen MR) is 66.8 cm³/mol. The highest BCUT2D eigenvalue weighted by molar-refractivity contribution is 5.76. The Labute approximate surface area is 98.6 Å². The summed E-state index contributed by atoms with van der Waals surface area (Å²) in [7, 11) is 1.78. The fourth-order valence-electron chi connectivity index (χ4n) is 2.38. The number of methoxy groups -OCH3 is 1. The second kappa shape index (κ2) is 7.63. The van der Waals surface area contributed by atoms with Gasteiger partial charge in [-0.1, -0.05) is 0 Å². The molecule has 1 heterocycles. The summed E-state index contributed by atoms with van der Waals surface area (Å²) >= 11 is 0. The highest BCUT2D eigenvalue weighted by Gasteiger charge is 2.18. The minimum Gasteiger partial charge on any atom is -0.388 e. The zero-order valence-electron chi connectivity index (χ0n) is 10.4. The van der Waals surface area contributed by atoms with Gasteiger partial charge in [-0.05, 0) is 44.7 Å². The fourth-order valence-corrected chi connectivity index (χ4v) is 2.38. The summed E-state index contributed by atoms with van der Waals surface area (Å²) in [5.74, 6) is 1.03. The van der Waals surface area contributed by atoms with Crippen molar-refractivity contribution < 1.29 is 4.74 Å². The lowest BCUT2D eigenvalue weighted by molar-refractivity contribution is 0.0899. The van der Waals surface area contributed by atoms with Crippen molar-refractivity contribution >= 4 is 5.84 Å². The van der Waals surface area contributed by atoms with Gasteiger partial charge in [0.05, 0.1) is 12.4 Å². The Hall–Kier alpha value is -0.610. The average molecular weight is 227 g/mol. The molecule has 1 rings (SSSR count). The van der Waals surface area contributed by atoms with Crippen LogP contribution in [0.1, 0.15) is 32.1 Å². The third kappa shape index (κ3) is 5.47. The predicted octanol–water partition coefficient (Wildman–Crippen LogP) is 1.45. The summed E-state index contributed by atoms with van der Waals surface area (Å²) in [6.45, 7) is 4.44. The van der Waals surface area contributed by atoms with Crippen molar-refractivity contribution in [1.29, 1.82) is 5.41 Å². The Morgan fingerprint density at radius 1 is 1.50 bits per heavy atom. The van der Waals surface area contributed by atoms with Gasteiger partial charge >= 0.3 is 0 Å². The standard InChI is InChI=1S/C12H25N3O/c1-16-10-11-5-4-8-15(9-11)7-3-2-6-12(13)14/h11H,2-10H2,1H3,(H3,13,14). The van der Waals surface area contributed by atoms with Crippen LogP contribution >= 0.6 is 0 Å². The maximum Gasteiger partial charge on any atom is 0.0905 e.